The number of likely N-dealkylation sites (N-methyl/N-ethyl adjacent to an activating group) is 1. The highest BCUT2D eigenvalue weighted by Gasteiger charge is 2.22. The fourth-order valence-electron chi connectivity index (χ4n) is 3.36. The quantitative estimate of drug-likeness (QED) is 0.226. The minimum Gasteiger partial charge on any atom is -0.412 e. The molecule has 1 unspecified atom stereocenters. The zero-order valence-corrected chi connectivity index (χ0v) is 23.5. The molecule has 0 radical (unpaired) electrons. The number of aliphatic hydroxyl groups excluding tert-OH is 1. The van der Waals surface area contributed by atoms with Crippen LogP contribution in [0.5, 0.6) is 0 Å². The van der Waals surface area contributed by atoms with Crippen molar-refractivity contribution in [3.8, 4) is 0 Å². The van der Waals surface area contributed by atoms with E-state index in [-0.39, 0.29) is 42.4 Å². The molecule has 1 rings (SSSR count). The number of hydrogen-bond donors (Lipinski definition) is 3. The molecule has 1 saturated heterocycles. The Morgan fingerprint density at radius 1 is 1.09 bits per heavy atom. The van der Waals surface area contributed by atoms with Crippen molar-refractivity contribution in [1.82, 2.24) is 20.4 Å². The van der Waals surface area contributed by atoms with Crippen molar-refractivity contribution in [1.29, 1.82) is 0 Å². The maximum Gasteiger partial charge on any atom is 0.246 e. The van der Waals surface area contributed by atoms with Crippen molar-refractivity contribution >= 4 is 18.2 Å². The van der Waals surface area contributed by atoms with E-state index in [1.54, 1.807) is 20.0 Å². The number of carbonyl (C=O) groups is 3. The van der Waals surface area contributed by atoms with E-state index in [9.17, 15) is 14.4 Å². The van der Waals surface area contributed by atoms with E-state index in [4.69, 9.17) is 5.11 Å². The lowest BCUT2D eigenvalue weighted by atomic mass is 10.00. The van der Waals surface area contributed by atoms with Crippen molar-refractivity contribution in [2.24, 2.45) is 5.92 Å². The van der Waals surface area contributed by atoms with Crippen molar-refractivity contribution in [2.45, 2.75) is 92.7 Å². The van der Waals surface area contributed by atoms with E-state index in [1.165, 1.54) is 43.7 Å². The van der Waals surface area contributed by atoms with Crippen LogP contribution in [0.3, 0.4) is 0 Å². The van der Waals surface area contributed by atoms with Gasteiger partial charge in [0.15, 0.2) is 0 Å². The molecule has 0 aliphatic carbocycles. The minimum atomic E-state index is -0.246. The highest BCUT2D eigenvalue weighted by atomic mass is 16.3. The largest absolute Gasteiger partial charge is 0.412 e. The molecule has 35 heavy (non-hydrogen) atoms. The lowest BCUT2D eigenvalue weighted by molar-refractivity contribution is -0.132. The van der Waals surface area contributed by atoms with Crippen molar-refractivity contribution in [2.75, 3.05) is 39.8 Å². The number of nitrogens with one attached hydrogen (secondary N) is 2. The van der Waals surface area contributed by atoms with Gasteiger partial charge in [-0.15, -0.1) is 0 Å². The van der Waals surface area contributed by atoms with Crippen LogP contribution in [0.1, 0.15) is 80.6 Å². The van der Waals surface area contributed by atoms with Gasteiger partial charge in [0, 0.05) is 31.8 Å². The molecule has 0 spiro atoms. The highest BCUT2D eigenvalue weighted by molar-refractivity contribution is 5.93. The monoisotopic (exact) mass is 502 g/mol. The third-order valence-corrected chi connectivity index (χ3v) is 5.38. The fraction of sp³-hybridized carbons (Fsp3) is 0.808. The summed E-state index contributed by atoms with van der Waals surface area (Å²) in [4.78, 5) is 38.2. The zero-order chi connectivity index (χ0) is 26.5. The standard InChI is InChI=1S/C15H27N3O4.C8H17N.C3H8.H2O/c1-11(2)13(18(4)14(21)9-16-10-20)8-12(3)15(22)17-6-5-7-19;1-8(2)9-6-4-3-5-7-9;1-3-2;/h8,10-11,13,19H,5-7,9H2,1-4H3,(H,16,20)(H,17,22);8H,3-7H2,1-2H3;3H2,1-2H3;1H2/b12-8+;;;. The molecule has 9 nitrogen and oxygen atoms in total. The van der Waals surface area contributed by atoms with Crippen molar-refractivity contribution in [3.05, 3.63) is 11.6 Å². The van der Waals surface area contributed by atoms with Crippen LogP contribution >= 0.6 is 0 Å². The van der Waals surface area contributed by atoms with Gasteiger partial charge in [0.25, 0.3) is 0 Å². The van der Waals surface area contributed by atoms with Gasteiger partial charge in [-0.1, -0.05) is 46.6 Å². The van der Waals surface area contributed by atoms with Gasteiger partial charge in [-0.05, 0) is 59.0 Å². The number of likely N-dealkylation sites (tertiary alicyclic amines) is 1. The summed E-state index contributed by atoms with van der Waals surface area (Å²) < 4.78 is 0. The second kappa shape index (κ2) is 23.8. The summed E-state index contributed by atoms with van der Waals surface area (Å²) in [5.41, 5.74) is 0.514. The zero-order valence-electron chi connectivity index (χ0n) is 23.5. The Morgan fingerprint density at radius 2 is 1.63 bits per heavy atom. The number of nitrogens with zero attached hydrogens (tertiary/aromatic N) is 2. The van der Waals surface area contributed by atoms with Gasteiger partial charge in [-0.25, -0.2) is 0 Å². The fourth-order valence-corrected chi connectivity index (χ4v) is 3.36. The molecule has 0 aromatic carbocycles. The van der Waals surface area contributed by atoms with Crippen LogP contribution in [0, 0.1) is 5.92 Å². The van der Waals surface area contributed by atoms with Crippen LogP contribution in [0.25, 0.3) is 0 Å². The van der Waals surface area contributed by atoms with E-state index in [0.717, 1.165) is 6.04 Å². The normalized spacial score (nSPS) is 14.4. The summed E-state index contributed by atoms with van der Waals surface area (Å²) in [5, 5.41) is 13.7. The molecule has 0 aromatic rings. The molecule has 208 valence electrons. The van der Waals surface area contributed by atoms with Crippen LogP contribution in [-0.4, -0.2) is 90.5 Å². The van der Waals surface area contributed by atoms with Gasteiger partial charge >= 0.3 is 0 Å². The molecular weight excluding hydrogens is 448 g/mol. The number of aliphatic hydroxyl groups is 1. The summed E-state index contributed by atoms with van der Waals surface area (Å²) >= 11 is 0. The maximum atomic E-state index is 12.0. The first-order valence-corrected chi connectivity index (χ1v) is 12.8. The third-order valence-electron chi connectivity index (χ3n) is 5.38. The maximum absolute atomic E-state index is 12.0. The Bertz CT molecular complexity index is 576. The summed E-state index contributed by atoms with van der Waals surface area (Å²) in [5.74, 6) is -0.327. The van der Waals surface area contributed by atoms with E-state index in [0.29, 0.717) is 24.9 Å². The smallest absolute Gasteiger partial charge is 0.246 e. The van der Waals surface area contributed by atoms with Crippen molar-refractivity contribution < 1.29 is 25.0 Å². The molecule has 0 aromatic heterocycles. The van der Waals surface area contributed by atoms with Crippen molar-refractivity contribution in [3.63, 3.8) is 0 Å². The van der Waals surface area contributed by atoms with Crippen LogP contribution < -0.4 is 10.6 Å². The molecule has 1 aliphatic heterocycles. The molecule has 3 amide bonds. The predicted molar refractivity (Wildman–Crippen MR) is 144 cm³/mol. The Labute approximate surface area is 214 Å². The van der Waals surface area contributed by atoms with Crippen LogP contribution in [0.4, 0.5) is 0 Å². The SMILES string of the molecule is C/C(=C\C(C(C)C)N(C)C(=O)CNC=O)C(=O)NCCCO.CC(C)N1CCCCC1.CCC.O. The first-order valence-electron chi connectivity index (χ1n) is 12.8. The average Bonchev–Trinajstić information content (AvgIpc) is 2.81. The van der Waals surface area contributed by atoms with E-state index < -0.39 is 0 Å². The van der Waals surface area contributed by atoms with Gasteiger partial charge in [-0.3, -0.25) is 14.4 Å². The summed E-state index contributed by atoms with van der Waals surface area (Å²) in [6, 6.07) is 0.523. The third kappa shape index (κ3) is 19.0. The number of carbonyl (C=O) groups excluding carboxylic acids is 3. The van der Waals surface area contributed by atoms with Crippen LogP contribution in [0.15, 0.2) is 11.6 Å². The first-order chi connectivity index (χ1) is 16.1. The molecule has 1 fully saturated rings. The van der Waals surface area contributed by atoms with Crippen LogP contribution in [0.2, 0.25) is 0 Å². The second-order valence-electron chi connectivity index (χ2n) is 9.32. The highest BCUT2D eigenvalue weighted by Crippen LogP contribution is 2.13. The first kappa shape index (κ1) is 37.6. The van der Waals surface area contributed by atoms with Gasteiger partial charge < -0.3 is 31.0 Å². The number of piperidine rings is 1. The summed E-state index contributed by atoms with van der Waals surface area (Å²) in [7, 11) is 1.65. The van der Waals surface area contributed by atoms with E-state index >= 15 is 0 Å². The Morgan fingerprint density at radius 3 is 2.03 bits per heavy atom. The molecule has 1 atom stereocenters. The van der Waals surface area contributed by atoms with Gasteiger partial charge in [0.05, 0.1) is 12.6 Å². The number of rotatable bonds is 11. The number of amides is 3. The lowest BCUT2D eigenvalue weighted by Crippen LogP contribution is -2.43. The molecule has 1 heterocycles. The minimum absolute atomic E-state index is 0. The predicted octanol–water partition coefficient (Wildman–Crippen LogP) is 2.13. The Hall–Kier alpha value is -1.97. The van der Waals surface area contributed by atoms with Crippen LogP contribution in [-0.2, 0) is 14.4 Å². The Balaban J connectivity index is -0.000000648. The summed E-state index contributed by atoms with van der Waals surface area (Å²) in [6.07, 6.45) is 8.26. The second-order valence-corrected chi connectivity index (χ2v) is 9.32. The molecule has 9 heteroatoms. The average molecular weight is 503 g/mol. The van der Waals surface area contributed by atoms with E-state index in [2.05, 4.69) is 43.2 Å². The van der Waals surface area contributed by atoms with Gasteiger partial charge in [-0.2, -0.15) is 0 Å². The summed E-state index contributed by atoms with van der Waals surface area (Å²) in [6.45, 7) is 17.4. The number of hydrogen-bond acceptors (Lipinski definition) is 5. The molecule has 0 bridgehead atoms. The van der Waals surface area contributed by atoms with E-state index in [1.807, 2.05) is 13.8 Å². The Kier molecular flexibility index (Phi) is 25.5. The molecule has 5 N–H and O–H groups in total. The molecule has 0 saturated carbocycles. The molecular formula is C26H54N4O5. The lowest BCUT2D eigenvalue weighted by Gasteiger charge is -2.29. The topological polar surface area (TPSA) is 133 Å². The van der Waals surface area contributed by atoms with Gasteiger partial charge in [0.1, 0.15) is 0 Å². The van der Waals surface area contributed by atoms with Gasteiger partial charge in [0.2, 0.25) is 18.2 Å². The molecule has 1 aliphatic rings.